The van der Waals surface area contributed by atoms with Crippen molar-refractivity contribution in [3.05, 3.63) is 11.6 Å². The molecule has 0 saturated heterocycles. The number of rotatable bonds is 6. The van der Waals surface area contributed by atoms with Crippen LogP contribution in [0.4, 0.5) is 0 Å². The third-order valence-corrected chi connectivity index (χ3v) is 15.8. The summed E-state index contributed by atoms with van der Waals surface area (Å²) in [7, 11) is 2.81. The van der Waals surface area contributed by atoms with E-state index in [1.807, 2.05) is 26.1 Å². The van der Waals surface area contributed by atoms with Crippen LogP contribution in [0.3, 0.4) is 0 Å². The summed E-state index contributed by atoms with van der Waals surface area (Å²) < 4.78 is 17.0. The zero-order valence-electron chi connectivity index (χ0n) is 14.7. The monoisotopic (exact) mass is 411 g/mol. The predicted molar refractivity (Wildman–Crippen MR) is 105 cm³/mol. The van der Waals surface area contributed by atoms with Crippen LogP contribution in [0.25, 0.3) is 0 Å². The number of benzene rings is 1. The van der Waals surface area contributed by atoms with Gasteiger partial charge < -0.3 is 17.5 Å². The lowest BCUT2D eigenvalue weighted by atomic mass is 10.2. The second kappa shape index (κ2) is 7.21. The van der Waals surface area contributed by atoms with Crippen LogP contribution in [0.2, 0.25) is 39.3 Å². The molecule has 9 radical (unpaired) electrons. The minimum atomic E-state index is -2.38. The van der Waals surface area contributed by atoms with E-state index in [9.17, 15) is 5.11 Å². The Morgan fingerprint density at radius 1 is 0.783 bits per heavy atom. The van der Waals surface area contributed by atoms with Gasteiger partial charge in [0.1, 0.15) is 5.75 Å². The molecule has 4 nitrogen and oxygen atoms in total. The molecule has 0 saturated carbocycles. The van der Waals surface area contributed by atoms with Gasteiger partial charge in [0.15, 0.2) is 0 Å². The maximum Gasteiger partial charge on any atom is 0.230 e. The normalized spacial score (nSPS) is 13.5. The molecular weight excluding hydrogens is 389 g/mol. The molecule has 0 aromatic heterocycles. The summed E-state index contributed by atoms with van der Waals surface area (Å²) in [6, 6.07) is 2.03. The number of phenolic OH excluding ortho intramolecular Hbond substituents is 1. The second-order valence-corrected chi connectivity index (χ2v) is 20.2. The van der Waals surface area contributed by atoms with E-state index in [1.54, 1.807) is 0 Å². The highest BCUT2D eigenvalue weighted by Crippen LogP contribution is 2.20. The van der Waals surface area contributed by atoms with Crippen molar-refractivity contribution in [2.24, 2.45) is 0 Å². The number of aromatic hydroxyl groups is 1. The lowest BCUT2D eigenvalue weighted by molar-refractivity contribution is 0.473. The Labute approximate surface area is 153 Å². The minimum absolute atomic E-state index is 0.293. The van der Waals surface area contributed by atoms with Gasteiger partial charge in [-0.2, -0.15) is 0 Å². The van der Waals surface area contributed by atoms with E-state index in [-0.39, 0.29) is 0 Å². The summed E-state index contributed by atoms with van der Waals surface area (Å²) in [5.41, 5.74) is 0.825. The van der Waals surface area contributed by atoms with E-state index in [0.29, 0.717) is 5.75 Å². The molecule has 1 aromatic rings. The maximum atomic E-state index is 10.8. The first-order valence-corrected chi connectivity index (χ1v) is 17.2. The predicted octanol–water partition coefficient (Wildman–Crippen LogP) is 0.237. The van der Waals surface area contributed by atoms with E-state index in [2.05, 4.69) is 57.6 Å². The van der Waals surface area contributed by atoms with Gasteiger partial charge in [0.2, 0.25) is 56.4 Å². The molecule has 0 aliphatic carbocycles. The first kappa shape index (κ1) is 21.2. The third-order valence-electron chi connectivity index (χ3n) is 4.11. The molecule has 123 valence electrons. The Hall–Kier alpha value is 0.201. The number of hydrogen-bond donors (Lipinski definition) is 1. The zero-order chi connectivity index (χ0) is 18.2. The summed E-state index contributed by atoms with van der Waals surface area (Å²) in [4.78, 5) is 0. The van der Waals surface area contributed by atoms with E-state index >= 15 is 0 Å². The first-order valence-electron chi connectivity index (χ1n) is 7.28. The quantitative estimate of drug-likeness (QED) is 0.681. The SMILES string of the molecule is Cc1cc([Si](C)(C)O[Si])c([Si](C)(C)O[Si])c([Si](C)(C)O[Si])c1O. The molecular formula is C13H23O4Si6. The fraction of sp³-hybridized carbons (Fsp3) is 0.538. The van der Waals surface area contributed by atoms with Crippen molar-refractivity contribution >= 4 is 72.0 Å². The van der Waals surface area contributed by atoms with E-state index in [4.69, 9.17) is 12.3 Å². The summed E-state index contributed by atoms with van der Waals surface area (Å²) >= 11 is 0. The minimum Gasteiger partial charge on any atom is -0.508 e. The highest BCUT2D eigenvalue weighted by atomic mass is 28.4. The number of aryl methyl sites for hydroxylation is 1. The molecule has 10 heteroatoms. The average Bonchev–Trinajstić information content (AvgIpc) is 2.48. The van der Waals surface area contributed by atoms with Crippen molar-refractivity contribution in [2.75, 3.05) is 0 Å². The van der Waals surface area contributed by atoms with E-state index < -0.39 is 25.0 Å². The Morgan fingerprint density at radius 3 is 1.57 bits per heavy atom. The molecule has 1 aromatic carbocycles. The van der Waals surface area contributed by atoms with Gasteiger partial charge >= 0.3 is 0 Å². The van der Waals surface area contributed by atoms with Crippen molar-refractivity contribution in [3.63, 3.8) is 0 Å². The van der Waals surface area contributed by atoms with Crippen molar-refractivity contribution in [1.29, 1.82) is 0 Å². The molecule has 1 rings (SSSR count). The van der Waals surface area contributed by atoms with Crippen molar-refractivity contribution in [2.45, 2.75) is 46.2 Å². The Morgan fingerprint density at radius 2 is 1.17 bits per heavy atom. The van der Waals surface area contributed by atoms with Crippen LogP contribution in [-0.4, -0.2) is 61.5 Å². The molecule has 0 aliphatic rings. The van der Waals surface area contributed by atoms with Crippen LogP contribution >= 0.6 is 0 Å². The number of phenols is 1. The van der Waals surface area contributed by atoms with Gasteiger partial charge in [-0.05, 0) is 62.1 Å². The van der Waals surface area contributed by atoms with Gasteiger partial charge in [0.05, 0.1) is 0 Å². The second-order valence-electron chi connectivity index (χ2n) is 7.18. The van der Waals surface area contributed by atoms with Crippen LogP contribution in [0.15, 0.2) is 6.07 Å². The highest BCUT2D eigenvalue weighted by molar-refractivity contribution is 7.01. The van der Waals surface area contributed by atoms with Gasteiger partial charge in [-0.3, -0.25) is 0 Å². The Kier molecular flexibility index (Phi) is 6.66. The fourth-order valence-electron chi connectivity index (χ4n) is 2.65. The molecule has 1 N–H and O–H groups in total. The van der Waals surface area contributed by atoms with E-state index in [1.165, 1.54) is 0 Å². The molecule has 0 fully saturated rings. The Balaban J connectivity index is 4.02. The lowest BCUT2D eigenvalue weighted by Gasteiger charge is -2.37. The smallest absolute Gasteiger partial charge is 0.230 e. The molecule has 0 heterocycles. The van der Waals surface area contributed by atoms with Gasteiger partial charge in [-0.15, -0.1) is 0 Å². The lowest BCUT2D eigenvalue weighted by Crippen LogP contribution is -2.70. The maximum absolute atomic E-state index is 10.8. The van der Waals surface area contributed by atoms with Crippen LogP contribution in [0.1, 0.15) is 5.56 Å². The summed E-state index contributed by atoms with van der Waals surface area (Å²) in [5.74, 6) is 0.293. The molecule has 0 atom stereocenters. The topological polar surface area (TPSA) is 47.9 Å². The first-order chi connectivity index (χ1) is 10.4. The van der Waals surface area contributed by atoms with Crippen molar-refractivity contribution in [1.82, 2.24) is 0 Å². The molecule has 23 heavy (non-hydrogen) atoms. The van der Waals surface area contributed by atoms with E-state index in [0.717, 1.165) is 21.1 Å². The van der Waals surface area contributed by atoms with Gasteiger partial charge in [0, 0.05) is 5.19 Å². The molecule has 0 spiro atoms. The van der Waals surface area contributed by atoms with Gasteiger partial charge in [-0.1, -0.05) is 6.07 Å². The molecule has 0 unspecified atom stereocenters. The summed E-state index contributed by atoms with van der Waals surface area (Å²) in [5, 5.41) is 13.9. The van der Waals surface area contributed by atoms with Gasteiger partial charge in [0.25, 0.3) is 0 Å². The highest BCUT2D eigenvalue weighted by Gasteiger charge is 2.42. The van der Waals surface area contributed by atoms with Crippen LogP contribution in [-0.2, 0) is 12.3 Å². The number of hydrogen-bond acceptors (Lipinski definition) is 4. The zero-order valence-corrected chi connectivity index (χ0v) is 20.7. The van der Waals surface area contributed by atoms with Crippen LogP contribution in [0, 0.1) is 6.92 Å². The third kappa shape index (κ3) is 4.07. The van der Waals surface area contributed by atoms with Crippen molar-refractivity contribution in [3.8, 4) is 5.75 Å². The largest absolute Gasteiger partial charge is 0.508 e. The fourth-order valence-corrected chi connectivity index (χ4v) is 11.9. The van der Waals surface area contributed by atoms with Crippen LogP contribution in [0.5, 0.6) is 5.75 Å². The summed E-state index contributed by atoms with van der Waals surface area (Å²) in [6.45, 7) is 14.4. The van der Waals surface area contributed by atoms with Gasteiger partial charge in [-0.25, -0.2) is 0 Å². The standard InChI is InChI=1S/C13H23O4Si6/c1-9-8-10(21(2,3)15-18)12(22(4,5)16-19)13(11(9)14)23(6,7)17-20/h8,14H,1-7H3. The van der Waals surface area contributed by atoms with Crippen molar-refractivity contribution < 1.29 is 17.5 Å². The Bertz CT molecular complexity index is 588. The van der Waals surface area contributed by atoms with Crippen LogP contribution < -0.4 is 15.6 Å². The molecule has 0 aliphatic heterocycles. The molecule has 0 amide bonds. The average molecular weight is 412 g/mol. The molecule has 0 bridgehead atoms. The summed E-state index contributed by atoms with van der Waals surface area (Å²) in [6.07, 6.45) is 0.